The molecule has 0 saturated heterocycles. The van der Waals surface area contributed by atoms with Gasteiger partial charge in [0.2, 0.25) is 5.91 Å². The van der Waals surface area contributed by atoms with E-state index in [2.05, 4.69) is 15.4 Å². The molecule has 0 aliphatic rings. The standard InChI is InChI=1S/C21H18ClN5O2/c1-26-20-17(11-24-26)21(29)27(13-23-20)12-18(28)25-19(14-5-3-2-4-6-14)15-7-9-16(22)10-8-15/h2-11,13,19H,12H2,1H3,(H,25,28). The molecule has 0 aliphatic heterocycles. The summed E-state index contributed by atoms with van der Waals surface area (Å²) < 4.78 is 2.80. The van der Waals surface area contributed by atoms with Crippen LogP contribution < -0.4 is 10.9 Å². The number of aromatic nitrogens is 4. The molecule has 1 N–H and O–H groups in total. The van der Waals surface area contributed by atoms with Crippen molar-refractivity contribution >= 4 is 28.5 Å². The number of fused-ring (bicyclic) bond motifs is 1. The van der Waals surface area contributed by atoms with E-state index in [1.165, 1.54) is 21.8 Å². The third-order valence-corrected chi connectivity index (χ3v) is 4.93. The summed E-state index contributed by atoms with van der Waals surface area (Å²) in [7, 11) is 1.71. The van der Waals surface area contributed by atoms with Gasteiger partial charge in [0.1, 0.15) is 18.3 Å². The molecule has 7 nitrogen and oxygen atoms in total. The van der Waals surface area contributed by atoms with Crippen molar-refractivity contribution in [3.8, 4) is 0 Å². The van der Waals surface area contributed by atoms with Gasteiger partial charge in [0.05, 0.1) is 12.2 Å². The molecule has 4 rings (SSSR count). The summed E-state index contributed by atoms with van der Waals surface area (Å²) >= 11 is 6.00. The van der Waals surface area contributed by atoms with Gasteiger partial charge in [-0.05, 0) is 23.3 Å². The minimum absolute atomic E-state index is 0.145. The third-order valence-electron chi connectivity index (χ3n) is 4.67. The van der Waals surface area contributed by atoms with Crippen molar-refractivity contribution in [2.75, 3.05) is 0 Å². The van der Waals surface area contributed by atoms with Crippen molar-refractivity contribution in [1.29, 1.82) is 0 Å². The van der Waals surface area contributed by atoms with Crippen molar-refractivity contribution < 1.29 is 4.79 Å². The zero-order valence-corrected chi connectivity index (χ0v) is 16.4. The van der Waals surface area contributed by atoms with E-state index < -0.39 is 0 Å². The van der Waals surface area contributed by atoms with Crippen molar-refractivity contribution in [2.45, 2.75) is 12.6 Å². The molecule has 0 bridgehead atoms. The Hall–Kier alpha value is -3.45. The fourth-order valence-corrected chi connectivity index (χ4v) is 3.33. The summed E-state index contributed by atoms with van der Waals surface area (Å²) in [5.41, 5.74) is 1.99. The van der Waals surface area contributed by atoms with Crippen LogP contribution in [0.15, 0.2) is 71.9 Å². The van der Waals surface area contributed by atoms with Crippen LogP contribution in [0.3, 0.4) is 0 Å². The van der Waals surface area contributed by atoms with Gasteiger partial charge in [-0.1, -0.05) is 54.1 Å². The summed E-state index contributed by atoms with van der Waals surface area (Å²) in [5, 5.41) is 8.04. The van der Waals surface area contributed by atoms with E-state index in [1.807, 2.05) is 42.5 Å². The van der Waals surface area contributed by atoms with Gasteiger partial charge < -0.3 is 5.32 Å². The second-order valence-corrected chi connectivity index (χ2v) is 7.08. The summed E-state index contributed by atoms with van der Waals surface area (Å²) in [4.78, 5) is 29.6. The zero-order chi connectivity index (χ0) is 20.4. The van der Waals surface area contributed by atoms with Crippen molar-refractivity contribution in [3.05, 3.63) is 93.6 Å². The van der Waals surface area contributed by atoms with Crippen molar-refractivity contribution in [1.82, 2.24) is 24.6 Å². The van der Waals surface area contributed by atoms with E-state index in [0.29, 0.717) is 16.1 Å². The molecule has 2 aromatic carbocycles. The molecule has 1 atom stereocenters. The average Bonchev–Trinajstić information content (AvgIpc) is 3.11. The maximum atomic E-state index is 12.8. The molecule has 0 saturated carbocycles. The Bertz CT molecular complexity index is 1220. The van der Waals surface area contributed by atoms with Crippen molar-refractivity contribution in [3.63, 3.8) is 0 Å². The number of carbonyl (C=O) groups is 1. The fraction of sp³-hybridized carbons (Fsp3) is 0.143. The number of nitrogens with one attached hydrogen (secondary N) is 1. The lowest BCUT2D eigenvalue weighted by atomic mass is 9.98. The van der Waals surface area contributed by atoms with Crippen LogP contribution in [-0.2, 0) is 18.4 Å². The number of hydrogen-bond donors (Lipinski definition) is 1. The van der Waals surface area contributed by atoms with Gasteiger partial charge in [0.15, 0.2) is 5.65 Å². The number of amides is 1. The molecule has 2 aromatic heterocycles. The second-order valence-electron chi connectivity index (χ2n) is 6.65. The monoisotopic (exact) mass is 407 g/mol. The van der Waals surface area contributed by atoms with Crippen molar-refractivity contribution in [2.24, 2.45) is 7.05 Å². The number of benzene rings is 2. The smallest absolute Gasteiger partial charge is 0.264 e. The SMILES string of the molecule is Cn1ncc2c(=O)n(CC(=O)NC(c3ccccc3)c3ccc(Cl)cc3)cnc21. The van der Waals surface area contributed by atoms with Gasteiger partial charge in [-0.2, -0.15) is 5.10 Å². The predicted molar refractivity (Wildman–Crippen MR) is 111 cm³/mol. The second kappa shape index (κ2) is 7.89. The zero-order valence-electron chi connectivity index (χ0n) is 15.6. The Morgan fingerprint density at radius 3 is 2.52 bits per heavy atom. The first-order chi connectivity index (χ1) is 14.0. The van der Waals surface area contributed by atoms with Crippen LogP contribution in [0.4, 0.5) is 0 Å². The van der Waals surface area contributed by atoms with Crippen LogP contribution in [0.25, 0.3) is 11.0 Å². The van der Waals surface area contributed by atoms with E-state index in [0.717, 1.165) is 11.1 Å². The summed E-state index contributed by atoms with van der Waals surface area (Å²) in [6.07, 6.45) is 2.82. The van der Waals surface area contributed by atoms with E-state index in [4.69, 9.17) is 11.6 Å². The number of rotatable bonds is 5. The third kappa shape index (κ3) is 3.90. The van der Waals surface area contributed by atoms with Gasteiger partial charge in [0.25, 0.3) is 5.56 Å². The van der Waals surface area contributed by atoms with Crippen LogP contribution in [0.1, 0.15) is 17.2 Å². The minimum atomic E-state index is -0.369. The van der Waals surface area contributed by atoms with Crippen LogP contribution in [0.2, 0.25) is 5.02 Å². The van der Waals surface area contributed by atoms with Crippen LogP contribution in [0, 0.1) is 0 Å². The highest BCUT2D eigenvalue weighted by molar-refractivity contribution is 6.30. The molecule has 0 radical (unpaired) electrons. The normalized spacial score (nSPS) is 12.1. The Balaban J connectivity index is 1.61. The van der Waals surface area contributed by atoms with E-state index in [9.17, 15) is 9.59 Å². The first kappa shape index (κ1) is 18.9. The summed E-state index contributed by atoms with van der Waals surface area (Å²) in [6.45, 7) is -0.145. The average molecular weight is 408 g/mol. The van der Waals surface area contributed by atoms with E-state index in [1.54, 1.807) is 19.2 Å². The Kier molecular flexibility index (Phi) is 5.14. The van der Waals surface area contributed by atoms with Gasteiger partial charge >= 0.3 is 0 Å². The van der Waals surface area contributed by atoms with Gasteiger partial charge in [0, 0.05) is 12.1 Å². The number of hydrogen-bond acceptors (Lipinski definition) is 4. The quantitative estimate of drug-likeness (QED) is 0.551. The topological polar surface area (TPSA) is 81.8 Å². The number of halogens is 1. The number of aryl methyl sites for hydroxylation is 1. The van der Waals surface area contributed by atoms with Gasteiger partial charge in [-0.25, -0.2) is 4.98 Å². The van der Waals surface area contributed by atoms with Crippen LogP contribution >= 0.6 is 11.6 Å². The fourth-order valence-electron chi connectivity index (χ4n) is 3.20. The predicted octanol–water partition coefficient (Wildman–Crippen LogP) is 2.69. The van der Waals surface area contributed by atoms with E-state index in [-0.39, 0.29) is 24.1 Å². The Labute approximate surface area is 171 Å². The summed E-state index contributed by atoms with van der Waals surface area (Å²) in [5.74, 6) is -0.305. The minimum Gasteiger partial charge on any atom is -0.344 e. The first-order valence-electron chi connectivity index (χ1n) is 9.00. The lowest BCUT2D eigenvalue weighted by molar-refractivity contribution is -0.122. The molecule has 1 amide bonds. The van der Waals surface area contributed by atoms with Crippen LogP contribution in [0.5, 0.6) is 0 Å². The molecule has 0 spiro atoms. The molecular formula is C21H18ClN5O2. The molecule has 0 aliphatic carbocycles. The lowest BCUT2D eigenvalue weighted by Crippen LogP contribution is -2.35. The highest BCUT2D eigenvalue weighted by Crippen LogP contribution is 2.23. The van der Waals surface area contributed by atoms with E-state index >= 15 is 0 Å². The molecule has 146 valence electrons. The van der Waals surface area contributed by atoms with Gasteiger partial charge in [-0.3, -0.25) is 18.8 Å². The number of nitrogens with zero attached hydrogens (tertiary/aromatic N) is 4. The lowest BCUT2D eigenvalue weighted by Gasteiger charge is -2.20. The van der Waals surface area contributed by atoms with Crippen LogP contribution in [-0.4, -0.2) is 25.2 Å². The highest BCUT2D eigenvalue weighted by Gasteiger charge is 2.18. The first-order valence-corrected chi connectivity index (χ1v) is 9.37. The van der Waals surface area contributed by atoms with Gasteiger partial charge in [-0.15, -0.1) is 0 Å². The molecule has 2 heterocycles. The maximum absolute atomic E-state index is 12.8. The summed E-state index contributed by atoms with van der Waals surface area (Å²) in [6, 6.07) is 16.6. The molecule has 4 aromatic rings. The number of carbonyl (C=O) groups excluding carboxylic acids is 1. The Morgan fingerprint density at radius 1 is 1.10 bits per heavy atom. The Morgan fingerprint density at radius 2 is 1.79 bits per heavy atom. The molecule has 8 heteroatoms. The highest BCUT2D eigenvalue weighted by atomic mass is 35.5. The maximum Gasteiger partial charge on any atom is 0.264 e. The molecule has 29 heavy (non-hydrogen) atoms. The largest absolute Gasteiger partial charge is 0.344 e. The molecule has 1 unspecified atom stereocenters. The molecule has 0 fully saturated rings. The molecular weight excluding hydrogens is 390 g/mol.